The molecular weight excluding hydrogens is 224 g/mol. The lowest BCUT2D eigenvalue weighted by Gasteiger charge is -1.62. The molecular formula is C4H4Br2O. The van der Waals surface area contributed by atoms with E-state index in [1.807, 2.05) is 6.08 Å². The van der Waals surface area contributed by atoms with E-state index >= 15 is 0 Å². The van der Waals surface area contributed by atoms with Gasteiger partial charge in [0, 0.05) is 5.33 Å². The predicted octanol–water partition coefficient (Wildman–Crippen LogP) is 2.02. The molecule has 0 N–H and O–H groups in total. The number of ether oxygens (including phenoxy) is 1. The summed E-state index contributed by atoms with van der Waals surface area (Å²) in [5.41, 5.74) is 0. The number of alkyl halides is 2. The highest BCUT2D eigenvalue weighted by molar-refractivity contribution is 9.09. The van der Waals surface area contributed by atoms with E-state index in [9.17, 15) is 0 Å². The van der Waals surface area contributed by atoms with Gasteiger partial charge in [-0.25, -0.2) is 0 Å². The van der Waals surface area contributed by atoms with E-state index in [-0.39, 0.29) is 5.01 Å². The molecule has 7 heavy (non-hydrogen) atoms. The van der Waals surface area contributed by atoms with Crippen LogP contribution in [0.25, 0.3) is 0 Å². The highest BCUT2D eigenvalue weighted by Crippen LogP contribution is 2.31. The number of allylic oxidation sites excluding steroid dienone is 1. The second-order valence-electron chi connectivity index (χ2n) is 1.19. The lowest BCUT2D eigenvalue weighted by atomic mass is 10.6. The molecule has 0 radical (unpaired) electrons. The summed E-state index contributed by atoms with van der Waals surface area (Å²) >= 11 is 6.48. The van der Waals surface area contributed by atoms with Crippen LogP contribution in [-0.4, -0.2) is 10.3 Å². The van der Waals surface area contributed by atoms with Crippen LogP contribution >= 0.6 is 31.9 Å². The van der Waals surface area contributed by atoms with Gasteiger partial charge in [-0.15, -0.1) is 0 Å². The fourth-order valence-electron chi connectivity index (χ4n) is 0.302. The van der Waals surface area contributed by atoms with Crippen LogP contribution in [0, 0.1) is 0 Å². The van der Waals surface area contributed by atoms with E-state index in [4.69, 9.17) is 4.74 Å². The lowest BCUT2D eigenvalue weighted by molar-refractivity contribution is 0.494. The van der Waals surface area contributed by atoms with Crippen LogP contribution in [0.1, 0.15) is 0 Å². The summed E-state index contributed by atoms with van der Waals surface area (Å²) in [4.78, 5) is 0. The first-order valence-corrected chi connectivity index (χ1v) is 3.95. The maximum Gasteiger partial charge on any atom is 0.209 e. The zero-order chi connectivity index (χ0) is 5.28. The Kier molecular flexibility index (Phi) is 1.75. The monoisotopic (exact) mass is 226 g/mol. The van der Waals surface area contributed by atoms with Gasteiger partial charge < -0.3 is 4.74 Å². The summed E-state index contributed by atoms with van der Waals surface area (Å²) in [6, 6.07) is 0. The molecule has 0 aromatic heterocycles. The third kappa shape index (κ3) is 1.46. The van der Waals surface area contributed by atoms with Crippen molar-refractivity contribution >= 4 is 31.9 Å². The van der Waals surface area contributed by atoms with Crippen LogP contribution in [-0.2, 0) is 4.74 Å². The minimum Gasteiger partial charge on any atom is -0.471 e. The van der Waals surface area contributed by atoms with Crippen molar-refractivity contribution in [2.24, 2.45) is 0 Å². The molecule has 0 amide bonds. The molecule has 1 unspecified atom stereocenters. The largest absolute Gasteiger partial charge is 0.471 e. The van der Waals surface area contributed by atoms with Gasteiger partial charge in [-0.2, -0.15) is 0 Å². The number of halogens is 2. The van der Waals surface area contributed by atoms with Gasteiger partial charge in [0.25, 0.3) is 0 Å². The standard InChI is InChI=1S/C4H4Br2O/c5-2-1-3-4(6)7-3/h1,4H,2H2. The first kappa shape index (κ1) is 5.63. The molecule has 1 fully saturated rings. The molecule has 1 rings (SSSR count). The molecule has 1 aliphatic rings. The smallest absolute Gasteiger partial charge is 0.209 e. The Morgan fingerprint density at radius 3 is 2.57 bits per heavy atom. The Morgan fingerprint density at radius 1 is 1.86 bits per heavy atom. The van der Waals surface area contributed by atoms with Crippen molar-refractivity contribution in [3.63, 3.8) is 0 Å². The summed E-state index contributed by atoms with van der Waals surface area (Å²) < 4.78 is 4.90. The van der Waals surface area contributed by atoms with Crippen LogP contribution < -0.4 is 0 Å². The van der Waals surface area contributed by atoms with Crippen LogP contribution in [0.2, 0.25) is 0 Å². The normalized spacial score (nSPS) is 32.9. The Balaban J connectivity index is 2.30. The van der Waals surface area contributed by atoms with Crippen molar-refractivity contribution in [1.82, 2.24) is 0 Å². The van der Waals surface area contributed by atoms with Gasteiger partial charge in [0.15, 0.2) is 0 Å². The Morgan fingerprint density at radius 2 is 2.43 bits per heavy atom. The molecule has 0 spiro atoms. The number of hydrogen-bond donors (Lipinski definition) is 0. The number of epoxide rings is 1. The van der Waals surface area contributed by atoms with Crippen molar-refractivity contribution in [2.75, 3.05) is 5.33 Å². The fourth-order valence-corrected chi connectivity index (χ4v) is 1.02. The molecule has 1 atom stereocenters. The van der Waals surface area contributed by atoms with Crippen molar-refractivity contribution in [3.8, 4) is 0 Å². The molecule has 1 saturated heterocycles. The first-order valence-electron chi connectivity index (χ1n) is 1.91. The van der Waals surface area contributed by atoms with E-state index in [1.165, 1.54) is 0 Å². The SMILES string of the molecule is BrCC=C1OC1Br. The molecule has 0 aromatic rings. The second kappa shape index (κ2) is 2.18. The summed E-state index contributed by atoms with van der Waals surface area (Å²) in [6.45, 7) is 0. The van der Waals surface area contributed by atoms with Gasteiger partial charge >= 0.3 is 0 Å². The predicted molar refractivity (Wildman–Crippen MR) is 35.7 cm³/mol. The van der Waals surface area contributed by atoms with Gasteiger partial charge in [0.05, 0.1) is 0 Å². The molecule has 0 aliphatic carbocycles. The minimum atomic E-state index is 0.213. The summed E-state index contributed by atoms with van der Waals surface area (Å²) in [5, 5.41) is 1.09. The fraction of sp³-hybridized carbons (Fsp3) is 0.500. The van der Waals surface area contributed by atoms with Crippen molar-refractivity contribution in [1.29, 1.82) is 0 Å². The van der Waals surface area contributed by atoms with Gasteiger partial charge in [-0.1, -0.05) is 15.9 Å². The van der Waals surface area contributed by atoms with Crippen molar-refractivity contribution in [3.05, 3.63) is 11.8 Å². The molecule has 0 bridgehead atoms. The molecule has 0 saturated carbocycles. The molecule has 1 aliphatic heterocycles. The molecule has 1 heterocycles. The van der Waals surface area contributed by atoms with E-state index in [1.54, 1.807) is 0 Å². The minimum absolute atomic E-state index is 0.213. The first-order chi connectivity index (χ1) is 3.34. The van der Waals surface area contributed by atoms with Crippen LogP contribution in [0.5, 0.6) is 0 Å². The molecule has 40 valence electrons. The lowest BCUT2D eigenvalue weighted by Crippen LogP contribution is -1.58. The van der Waals surface area contributed by atoms with Crippen molar-refractivity contribution in [2.45, 2.75) is 5.01 Å². The average molecular weight is 228 g/mol. The van der Waals surface area contributed by atoms with Crippen LogP contribution in [0.3, 0.4) is 0 Å². The van der Waals surface area contributed by atoms with Crippen LogP contribution in [0.15, 0.2) is 11.8 Å². The molecule has 1 nitrogen and oxygen atoms in total. The zero-order valence-electron chi connectivity index (χ0n) is 3.53. The number of hydrogen-bond acceptors (Lipinski definition) is 1. The van der Waals surface area contributed by atoms with Gasteiger partial charge in [-0.3, -0.25) is 0 Å². The summed E-state index contributed by atoms with van der Waals surface area (Å²) in [6.07, 6.45) is 1.99. The Labute approximate surface area is 59.0 Å². The highest BCUT2D eigenvalue weighted by Gasteiger charge is 2.27. The summed E-state index contributed by atoms with van der Waals surface area (Å²) in [7, 11) is 0. The Bertz CT molecular complexity index is 99.9. The highest BCUT2D eigenvalue weighted by atomic mass is 79.9. The third-order valence-corrected chi connectivity index (χ3v) is 1.65. The van der Waals surface area contributed by atoms with E-state index < -0.39 is 0 Å². The topological polar surface area (TPSA) is 12.5 Å². The summed E-state index contributed by atoms with van der Waals surface area (Å²) in [5.74, 6) is 1.04. The van der Waals surface area contributed by atoms with Gasteiger partial charge in [0.2, 0.25) is 5.01 Å². The quantitative estimate of drug-likeness (QED) is 0.494. The van der Waals surface area contributed by atoms with E-state index in [2.05, 4.69) is 31.9 Å². The van der Waals surface area contributed by atoms with Gasteiger partial charge in [-0.05, 0) is 22.0 Å². The van der Waals surface area contributed by atoms with E-state index in [0.29, 0.717) is 0 Å². The second-order valence-corrected chi connectivity index (χ2v) is 2.67. The van der Waals surface area contributed by atoms with E-state index in [0.717, 1.165) is 11.1 Å². The maximum absolute atomic E-state index is 4.90. The zero-order valence-corrected chi connectivity index (χ0v) is 6.70. The molecule has 0 aromatic carbocycles. The maximum atomic E-state index is 4.90. The number of rotatable bonds is 1. The van der Waals surface area contributed by atoms with Crippen LogP contribution in [0.4, 0.5) is 0 Å². The van der Waals surface area contributed by atoms with Gasteiger partial charge in [0.1, 0.15) is 5.76 Å². The Hall–Kier alpha value is 0.500. The third-order valence-electron chi connectivity index (χ3n) is 0.684. The van der Waals surface area contributed by atoms with Crippen molar-refractivity contribution < 1.29 is 4.74 Å². The average Bonchev–Trinajstić information content (AvgIpc) is 2.22. The molecule has 3 heteroatoms.